The Kier molecular flexibility index (Phi) is 2.52. The van der Waals surface area contributed by atoms with Crippen molar-refractivity contribution < 1.29 is 4.74 Å². The molecule has 1 heterocycles. The van der Waals surface area contributed by atoms with E-state index in [-0.39, 0.29) is 11.0 Å². The smallest absolute Gasteiger partial charge is 0.0732 e. The van der Waals surface area contributed by atoms with Crippen molar-refractivity contribution in [2.24, 2.45) is 11.1 Å². The fourth-order valence-corrected chi connectivity index (χ4v) is 1.83. The first kappa shape index (κ1) is 10.6. The van der Waals surface area contributed by atoms with Gasteiger partial charge in [0, 0.05) is 17.9 Å². The lowest BCUT2D eigenvalue weighted by Crippen LogP contribution is -2.33. The number of aromatic nitrogens is 1. The molecule has 0 bridgehead atoms. The first-order valence-electron chi connectivity index (χ1n) is 5.29. The Morgan fingerprint density at radius 3 is 2.80 bits per heavy atom. The fourth-order valence-electron chi connectivity index (χ4n) is 1.83. The number of ether oxygens (including phenoxy) is 1. The van der Waals surface area contributed by atoms with Gasteiger partial charge in [-0.3, -0.25) is 4.98 Å². The summed E-state index contributed by atoms with van der Waals surface area (Å²) in [5.74, 6) is 0. The molecule has 0 aromatic carbocycles. The Bertz CT molecular complexity index is 337. The first-order valence-corrected chi connectivity index (χ1v) is 5.29. The summed E-state index contributed by atoms with van der Waals surface area (Å²) in [4.78, 5) is 4.03. The van der Waals surface area contributed by atoms with Gasteiger partial charge in [0.05, 0.1) is 13.2 Å². The van der Waals surface area contributed by atoms with Crippen LogP contribution < -0.4 is 5.73 Å². The van der Waals surface area contributed by atoms with Gasteiger partial charge in [0.15, 0.2) is 0 Å². The third-order valence-electron chi connectivity index (χ3n) is 3.33. The molecule has 0 radical (unpaired) electrons. The second-order valence-electron chi connectivity index (χ2n) is 5.07. The fraction of sp³-hybridized carbons (Fsp3) is 0.583. The summed E-state index contributed by atoms with van der Waals surface area (Å²) in [6, 6.07) is 3.92. The van der Waals surface area contributed by atoms with Crippen molar-refractivity contribution >= 4 is 0 Å². The van der Waals surface area contributed by atoms with Crippen molar-refractivity contribution in [2.45, 2.75) is 32.4 Å². The topological polar surface area (TPSA) is 48.1 Å². The van der Waals surface area contributed by atoms with Crippen LogP contribution >= 0.6 is 0 Å². The lowest BCUT2D eigenvalue weighted by atomic mass is 10.1. The van der Waals surface area contributed by atoms with E-state index in [0.29, 0.717) is 13.2 Å². The molecule has 1 unspecified atom stereocenters. The summed E-state index contributed by atoms with van der Waals surface area (Å²) < 4.78 is 5.62. The van der Waals surface area contributed by atoms with Gasteiger partial charge in [0.25, 0.3) is 0 Å². The predicted octanol–water partition coefficient (Wildman–Crippen LogP) is 1.73. The highest BCUT2D eigenvalue weighted by atomic mass is 16.5. The molecule has 0 spiro atoms. The first-order chi connectivity index (χ1) is 7.04. The Hall–Kier alpha value is -0.930. The van der Waals surface area contributed by atoms with Gasteiger partial charge < -0.3 is 10.5 Å². The summed E-state index contributed by atoms with van der Waals surface area (Å²) in [5.41, 5.74) is 7.37. The summed E-state index contributed by atoms with van der Waals surface area (Å²) in [5, 5.41) is 0. The zero-order chi connectivity index (χ0) is 10.9. The molecule has 3 nitrogen and oxygen atoms in total. The number of hydrogen-bond acceptors (Lipinski definition) is 3. The van der Waals surface area contributed by atoms with Crippen LogP contribution in [0.25, 0.3) is 0 Å². The molecule has 82 valence electrons. The number of nitrogens with two attached hydrogens (primary N) is 1. The van der Waals surface area contributed by atoms with E-state index in [1.807, 2.05) is 18.3 Å². The van der Waals surface area contributed by atoms with Crippen molar-refractivity contribution in [2.75, 3.05) is 6.61 Å². The maximum atomic E-state index is 6.15. The molecule has 0 aliphatic heterocycles. The van der Waals surface area contributed by atoms with Crippen LogP contribution in [0.1, 0.15) is 25.8 Å². The highest BCUT2D eigenvalue weighted by molar-refractivity contribution is 5.15. The Morgan fingerprint density at radius 2 is 2.27 bits per heavy atom. The monoisotopic (exact) mass is 206 g/mol. The number of rotatable bonds is 4. The van der Waals surface area contributed by atoms with Crippen LogP contribution in [0, 0.1) is 5.41 Å². The van der Waals surface area contributed by atoms with Crippen LogP contribution in [0.5, 0.6) is 0 Å². The highest BCUT2D eigenvalue weighted by Crippen LogP contribution is 2.53. The van der Waals surface area contributed by atoms with Crippen LogP contribution in [0.2, 0.25) is 0 Å². The number of hydrogen-bond donors (Lipinski definition) is 1. The normalized spacial score (nSPS) is 27.7. The minimum absolute atomic E-state index is 0.116. The van der Waals surface area contributed by atoms with Gasteiger partial charge in [-0.15, -0.1) is 0 Å². The molecule has 15 heavy (non-hydrogen) atoms. The summed E-state index contributed by atoms with van der Waals surface area (Å²) in [6.07, 6.45) is 4.63. The van der Waals surface area contributed by atoms with E-state index in [1.54, 1.807) is 6.20 Å². The number of nitrogens with zero attached hydrogens (tertiary/aromatic N) is 1. The minimum Gasteiger partial charge on any atom is -0.375 e. The summed E-state index contributed by atoms with van der Waals surface area (Å²) in [6.45, 7) is 5.60. The molecule has 2 N–H and O–H groups in total. The second kappa shape index (κ2) is 3.58. The maximum Gasteiger partial charge on any atom is 0.0732 e. The summed E-state index contributed by atoms with van der Waals surface area (Å²) in [7, 11) is 0. The summed E-state index contributed by atoms with van der Waals surface area (Å²) >= 11 is 0. The van der Waals surface area contributed by atoms with Crippen LogP contribution in [-0.4, -0.2) is 17.1 Å². The van der Waals surface area contributed by atoms with Crippen molar-refractivity contribution in [3.05, 3.63) is 30.1 Å². The van der Waals surface area contributed by atoms with Crippen molar-refractivity contribution in [3.8, 4) is 0 Å². The van der Waals surface area contributed by atoms with E-state index in [2.05, 4.69) is 18.8 Å². The lowest BCUT2D eigenvalue weighted by Gasteiger charge is -2.14. The van der Waals surface area contributed by atoms with Crippen molar-refractivity contribution in [3.63, 3.8) is 0 Å². The molecular formula is C12H18N2O. The van der Waals surface area contributed by atoms with Gasteiger partial charge in [-0.1, -0.05) is 19.9 Å². The zero-order valence-electron chi connectivity index (χ0n) is 9.36. The third-order valence-corrected chi connectivity index (χ3v) is 3.33. The molecule has 3 heteroatoms. The maximum absolute atomic E-state index is 6.15. The van der Waals surface area contributed by atoms with Gasteiger partial charge in [-0.05, 0) is 23.5 Å². The van der Waals surface area contributed by atoms with Crippen LogP contribution in [-0.2, 0) is 11.3 Å². The van der Waals surface area contributed by atoms with Gasteiger partial charge in [-0.25, -0.2) is 0 Å². The predicted molar refractivity (Wildman–Crippen MR) is 59.2 cm³/mol. The third kappa shape index (κ3) is 2.19. The van der Waals surface area contributed by atoms with Crippen LogP contribution in [0.4, 0.5) is 0 Å². The molecule has 1 atom stereocenters. The van der Waals surface area contributed by atoms with E-state index in [9.17, 15) is 0 Å². The molecule has 1 saturated carbocycles. The van der Waals surface area contributed by atoms with E-state index < -0.39 is 0 Å². The molecule has 0 saturated heterocycles. The van der Waals surface area contributed by atoms with Gasteiger partial charge in [-0.2, -0.15) is 0 Å². The van der Waals surface area contributed by atoms with E-state index >= 15 is 0 Å². The largest absolute Gasteiger partial charge is 0.375 e. The van der Waals surface area contributed by atoms with Crippen LogP contribution in [0.15, 0.2) is 24.5 Å². The van der Waals surface area contributed by atoms with Gasteiger partial charge >= 0.3 is 0 Å². The van der Waals surface area contributed by atoms with Gasteiger partial charge in [0.1, 0.15) is 0 Å². The quantitative estimate of drug-likeness (QED) is 0.816. The van der Waals surface area contributed by atoms with Crippen molar-refractivity contribution in [1.29, 1.82) is 0 Å². The molecule has 1 aromatic rings. The Labute approximate surface area is 90.7 Å². The molecular weight excluding hydrogens is 188 g/mol. The van der Waals surface area contributed by atoms with E-state index in [1.165, 1.54) is 0 Å². The average Bonchev–Trinajstić information content (AvgIpc) is 2.67. The molecule has 1 aliphatic rings. The Balaban J connectivity index is 1.77. The highest BCUT2D eigenvalue weighted by Gasteiger charge is 2.58. The standard InChI is InChI=1S/C12H18N2O/c1-11(2)8-12(11,13)9-15-7-10-4-3-5-14-6-10/h3-6H,7-9,13H2,1-2H3. The molecule has 1 aliphatic carbocycles. The van der Waals surface area contributed by atoms with Crippen LogP contribution in [0.3, 0.4) is 0 Å². The molecule has 2 rings (SSSR count). The minimum atomic E-state index is -0.116. The van der Waals surface area contributed by atoms with Crippen molar-refractivity contribution in [1.82, 2.24) is 4.98 Å². The zero-order valence-corrected chi connectivity index (χ0v) is 9.36. The molecule has 1 fully saturated rings. The average molecular weight is 206 g/mol. The number of pyridine rings is 1. The second-order valence-corrected chi connectivity index (χ2v) is 5.07. The SMILES string of the molecule is CC1(C)CC1(N)COCc1cccnc1. The molecule has 1 aromatic heterocycles. The van der Waals surface area contributed by atoms with E-state index in [0.717, 1.165) is 12.0 Å². The molecule has 0 amide bonds. The van der Waals surface area contributed by atoms with Gasteiger partial charge in [0.2, 0.25) is 0 Å². The lowest BCUT2D eigenvalue weighted by molar-refractivity contribution is 0.0927. The van der Waals surface area contributed by atoms with E-state index in [4.69, 9.17) is 10.5 Å². The Morgan fingerprint density at radius 1 is 1.53 bits per heavy atom.